The number of nitrogens with one attached hydrogen (secondary N) is 1. The fraction of sp³-hybridized carbons (Fsp3) is 0. The van der Waals surface area contributed by atoms with E-state index >= 15 is 0 Å². The summed E-state index contributed by atoms with van der Waals surface area (Å²) in [7, 11) is 0. The smallest absolute Gasteiger partial charge is 0.433 e. The lowest BCUT2D eigenvalue weighted by Gasteiger charge is -2.02. The van der Waals surface area contributed by atoms with Gasteiger partial charge in [-0.1, -0.05) is 15.9 Å². The molecule has 1 aromatic carbocycles. The summed E-state index contributed by atoms with van der Waals surface area (Å²) in [6, 6.07) is 6.88. The van der Waals surface area contributed by atoms with Crippen molar-refractivity contribution in [1.29, 1.82) is 0 Å². The number of halogens is 1. The van der Waals surface area contributed by atoms with Gasteiger partial charge in [-0.3, -0.25) is 14.9 Å². The van der Waals surface area contributed by atoms with Crippen LogP contribution in [0.2, 0.25) is 0 Å². The maximum atomic E-state index is 11.8. The lowest BCUT2D eigenvalue weighted by Crippen LogP contribution is -2.17. The average molecular weight is 354 g/mol. The molecule has 0 aliphatic heterocycles. The highest BCUT2D eigenvalue weighted by atomic mass is 79.9. The molecule has 2 aromatic rings. The molecule has 0 spiro atoms. The molecule has 0 saturated carbocycles. The molecule has 9 heteroatoms. The number of nitro groups is 1. The second-order valence-electron chi connectivity index (χ2n) is 3.79. The standard InChI is InChI=1S/C12H8BrN3O5/c13-7-1-3-10(17)9(5-7)12(18)15-14-6-8-2-4-11(21-8)16(19)20/h1-6,17H,(H,15,18)/b14-6+. The first kappa shape index (κ1) is 14.7. The van der Waals surface area contributed by atoms with Gasteiger partial charge in [0.2, 0.25) is 0 Å². The number of hydrazone groups is 1. The van der Waals surface area contributed by atoms with Crippen molar-refractivity contribution >= 4 is 33.9 Å². The van der Waals surface area contributed by atoms with Crippen molar-refractivity contribution < 1.29 is 19.2 Å². The van der Waals surface area contributed by atoms with Crippen molar-refractivity contribution in [3.05, 3.63) is 56.2 Å². The number of nitrogens with zero attached hydrogens (tertiary/aromatic N) is 2. The van der Waals surface area contributed by atoms with E-state index in [0.717, 1.165) is 6.21 Å². The minimum absolute atomic E-state index is 0.0342. The first-order chi connectivity index (χ1) is 9.97. The molecule has 108 valence electrons. The number of phenols is 1. The summed E-state index contributed by atoms with van der Waals surface area (Å²) in [5.41, 5.74) is 2.21. The summed E-state index contributed by atoms with van der Waals surface area (Å²) in [4.78, 5) is 21.5. The van der Waals surface area contributed by atoms with Crippen molar-refractivity contribution in [2.75, 3.05) is 0 Å². The lowest BCUT2D eigenvalue weighted by molar-refractivity contribution is -0.402. The second-order valence-corrected chi connectivity index (χ2v) is 4.71. The molecule has 0 aliphatic carbocycles. The molecule has 0 saturated heterocycles. The van der Waals surface area contributed by atoms with Gasteiger partial charge < -0.3 is 9.52 Å². The van der Waals surface area contributed by atoms with E-state index in [4.69, 9.17) is 4.42 Å². The van der Waals surface area contributed by atoms with Crippen LogP contribution in [0.5, 0.6) is 5.75 Å². The summed E-state index contributed by atoms with van der Waals surface area (Å²) in [6.45, 7) is 0. The van der Waals surface area contributed by atoms with Crippen molar-refractivity contribution in [3.63, 3.8) is 0 Å². The van der Waals surface area contributed by atoms with Gasteiger partial charge in [-0.15, -0.1) is 0 Å². The zero-order valence-electron chi connectivity index (χ0n) is 10.3. The zero-order chi connectivity index (χ0) is 15.4. The maximum Gasteiger partial charge on any atom is 0.433 e. The Labute approximate surface area is 126 Å². The minimum atomic E-state index is -0.685. The Balaban J connectivity index is 2.04. The molecule has 2 rings (SSSR count). The Hall–Kier alpha value is -2.68. The number of hydrogen-bond acceptors (Lipinski definition) is 6. The van der Waals surface area contributed by atoms with Crippen LogP contribution in [0.25, 0.3) is 0 Å². The number of hydrogen-bond donors (Lipinski definition) is 2. The van der Waals surface area contributed by atoms with Gasteiger partial charge in [0.15, 0.2) is 5.76 Å². The van der Waals surface area contributed by atoms with Crippen molar-refractivity contribution in [1.82, 2.24) is 5.43 Å². The molecule has 1 amide bonds. The van der Waals surface area contributed by atoms with Crippen LogP contribution in [-0.2, 0) is 0 Å². The number of benzene rings is 1. The third-order valence-electron chi connectivity index (χ3n) is 2.35. The molecule has 21 heavy (non-hydrogen) atoms. The predicted molar refractivity (Wildman–Crippen MR) is 76.2 cm³/mol. The highest BCUT2D eigenvalue weighted by Crippen LogP contribution is 2.21. The van der Waals surface area contributed by atoms with E-state index in [-0.39, 0.29) is 17.1 Å². The molecule has 0 bridgehead atoms. The van der Waals surface area contributed by atoms with E-state index in [1.165, 1.54) is 24.3 Å². The summed E-state index contributed by atoms with van der Waals surface area (Å²) < 4.78 is 5.44. The van der Waals surface area contributed by atoms with Crippen LogP contribution in [0.15, 0.2) is 44.3 Å². The summed E-state index contributed by atoms with van der Waals surface area (Å²) >= 11 is 3.18. The Morgan fingerprint density at radius 3 is 2.86 bits per heavy atom. The molecule has 1 aromatic heterocycles. The Kier molecular flexibility index (Phi) is 4.33. The maximum absolute atomic E-state index is 11.8. The van der Waals surface area contributed by atoms with Crippen LogP contribution in [0.1, 0.15) is 16.1 Å². The fourth-order valence-electron chi connectivity index (χ4n) is 1.41. The number of amides is 1. The molecule has 8 nitrogen and oxygen atoms in total. The molecule has 0 unspecified atom stereocenters. The van der Waals surface area contributed by atoms with Gasteiger partial charge in [-0.2, -0.15) is 5.10 Å². The van der Waals surface area contributed by atoms with Gasteiger partial charge in [0.25, 0.3) is 5.91 Å². The third kappa shape index (κ3) is 3.66. The molecule has 0 fully saturated rings. The van der Waals surface area contributed by atoms with Crippen LogP contribution in [0.4, 0.5) is 5.88 Å². The molecule has 0 atom stereocenters. The van der Waals surface area contributed by atoms with Crippen molar-refractivity contribution in [3.8, 4) is 5.75 Å². The van der Waals surface area contributed by atoms with Crippen LogP contribution in [0.3, 0.4) is 0 Å². The second kappa shape index (κ2) is 6.18. The van der Waals surface area contributed by atoms with Gasteiger partial charge in [0, 0.05) is 4.47 Å². The van der Waals surface area contributed by atoms with E-state index in [2.05, 4.69) is 26.5 Å². The molecular weight excluding hydrogens is 346 g/mol. The van der Waals surface area contributed by atoms with Gasteiger partial charge in [0.1, 0.15) is 10.7 Å². The topological polar surface area (TPSA) is 118 Å². The van der Waals surface area contributed by atoms with Gasteiger partial charge in [-0.25, -0.2) is 5.43 Å². The average Bonchev–Trinajstić information content (AvgIpc) is 2.90. The number of carbonyl (C=O) groups is 1. The zero-order valence-corrected chi connectivity index (χ0v) is 11.9. The molecule has 2 N–H and O–H groups in total. The summed E-state index contributed by atoms with van der Waals surface area (Å²) in [5.74, 6) is -1.14. The first-order valence-electron chi connectivity index (χ1n) is 5.53. The van der Waals surface area contributed by atoms with Crippen LogP contribution in [0, 0.1) is 10.1 Å². The number of carbonyl (C=O) groups excluding carboxylic acids is 1. The largest absolute Gasteiger partial charge is 0.507 e. The summed E-state index contributed by atoms with van der Waals surface area (Å²) in [6.07, 6.45) is 1.11. The van der Waals surface area contributed by atoms with E-state index in [9.17, 15) is 20.0 Å². The van der Waals surface area contributed by atoms with Crippen LogP contribution < -0.4 is 5.43 Å². The molecule has 0 radical (unpaired) electrons. The van der Waals surface area contributed by atoms with E-state index in [1.54, 1.807) is 6.07 Å². The quantitative estimate of drug-likeness (QED) is 0.497. The highest BCUT2D eigenvalue weighted by Gasteiger charge is 2.12. The van der Waals surface area contributed by atoms with E-state index in [1.807, 2.05) is 0 Å². The van der Waals surface area contributed by atoms with E-state index < -0.39 is 16.7 Å². The van der Waals surface area contributed by atoms with Gasteiger partial charge in [-0.05, 0) is 24.3 Å². The molecule has 1 heterocycles. The fourth-order valence-corrected chi connectivity index (χ4v) is 1.78. The first-order valence-corrected chi connectivity index (χ1v) is 6.33. The van der Waals surface area contributed by atoms with Crippen LogP contribution in [-0.4, -0.2) is 22.2 Å². The SMILES string of the molecule is O=C(N/N=C/c1ccc([N+](=O)[O-])o1)c1cc(Br)ccc1O. The number of furan rings is 1. The number of aromatic hydroxyl groups is 1. The van der Waals surface area contributed by atoms with Gasteiger partial charge in [0.05, 0.1) is 17.8 Å². The summed E-state index contributed by atoms with van der Waals surface area (Å²) in [5, 5.41) is 23.6. The Morgan fingerprint density at radius 1 is 1.43 bits per heavy atom. The van der Waals surface area contributed by atoms with Crippen molar-refractivity contribution in [2.45, 2.75) is 0 Å². The third-order valence-corrected chi connectivity index (χ3v) is 2.85. The normalized spacial score (nSPS) is 10.7. The van der Waals surface area contributed by atoms with E-state index in [0.29, 0.717) is 4.47 Å². The Morgan fingerprint density at radius 2 is 2.19 bits per heavy atom. The number of rotatable bonds is 4. The monoisotopic (exact) mass is 353 g/mol. The predicted octanol–water partition coefficient (Wildman–Crippen LogP) is 2.42. The molecular formula is C12H8BrN3O5. The Bertz CT molecular complexity index is 725. The lowest BCUT2D eigenvalue weighted by atomic mass is 10.2. The van der Waals surface area contributed by atoms with Crippen LogP contribution >= 0.6 is 15.9 Å². The molecule has 0 aliphatic rings. The van der Waals surface area contributed by atoms with Gasteiger partial charge >= 0.3 is 5.88 Å². The number of phenolic OH excluding ortho intramolecular Hbond substituents is 1. The van der Waals surface area contributed by atoms with Crippen molar-refractivity contribution in [2.24, 2.45) is 5.10 Å². The minimum Gasteiger partial charge on any atom is -0.507 e. The highest BCUT2D eigenvalue weighted by molar-refractivity contribution is 9.10.